The Morgan fingerprint density at radius 2 is 1.97 bits per heavy atom. The molecule has 1 saturated heterocycles. The van der Waals surface area contributed by atoms with Crippen molar-refractivity contribution in [1.29, 1.82) is 5.26 Å². The second kappa shape index (κ2) is 9.06. The van der Waals surface area contributed by atoms with Crippen LogP contribution in [0.1, 0.15) is 28.8 Å². The number of aromatic nitrogens is 2. The van der Waals surface area contributed by atoms with Crippen molar-refractivity contribution in [2.45, 2.75) is 32.1 Å². The van der Waals surface area contributed by atoms with E-state index < -0.39 is 11.6 Å². The van der Waals surface area contributed by atoms with Crippen LogP contribution in [0.15, 0.2) is 55.0 Å². The molecule has 0 aliphatic carbocycles. The lowest BCUT2D eigenvalue weighted by molar-refractivity contribution is -0.130. The summed E-state index contributed by atoms with van der Waals surface area (Å²) in [5.74, 6) is -1.94. The number of halogens is 2. The predicted octanol–water partition coefficient (Wildman–Crippen LogP) is 2.97. The van der Waals surface area contributed by atoms with E-state index in [1.165, 1.54) is 12.1 Å². The summed E-state index contributed by atoms with van der Waals surface area (Å²) in [6, 6.07) is 13.1. The van der Waals surface area contributed by atoms with E-state index in [9.17, 15) is 13.6 Å². The van der Waals surface area contributed by atoms with Gasteiger partial charge >= 0.3 is 0 Å². The number of hydrogen-bond acceptors (Lipinski definition) is 4. The molecular weight excluding hydrogens is 400 g/mol. The first kappa shape index (κ1) is 20.7. The van der Waals surface area contributed by atoms with E-state index >= 15 is 0 Å². The second-order valence-electron chi connectivity index (χ2n) is 7.52. The van der Waals surface area contributed by atoms with Gasteiger partial charge in [-0.25, -0.2) is 13.8 Å². The summed E-state index contributed by atoms with van der Waals surface area (Å²) in [5, 5.41) is 12.2. The van der Waals surface area contributed by atoms with Crippen LogP contribution in [-0.2, 0) is 24.4 Å². The fraction of sp³-hybridized carbons (Fsp3) is 0.261. The summed E-state index contributed by atoms with van der Waals surface area (Å²) in [4.78, 5) is 18.4. The van der Waals surface area contributed by atoms with Gasteiger partial charge in [0.15, 0.2) is 11.6 Å². The zero-order valence-corrected chi connectivity index (χ0v) is 16.8. The van der Waals surface area contributed by atoms with Crippen LogP contribution in [0.25, 0.3) is 0 Å². The average molecular weight is 421 g/mol. The molecule has 0 saturated carbocycles. The van der Waals surface area contributed by atoms with E-state index in [4.69, 9.17) is 5.26 Å². The minimum atomic E-state index is -0.908. The first-order chi connectivity index (χ1) is 15.0. The Bertz CT molecular complexity index is 1120. The predicted molar refractivity (Wildman–Crippen MR) is 110 cm³/mol. The molecule has 0 radical (unpaired) electrons. The van der Waals surface area contributed by atoms with Crippen LogP contribution in [0.4, 0.5) is 8.78 Å². The van der Waals surface area contributed by atoms with Gasteiger partial charge in [-0.3, -0.25) is 4.79 Å². The first-order valence-corrected chi connectivity index (χ1v) is 9.98. The number of nitrogens with one attached hydrogen (secondary N) is 1. The molecule has 0 bridgehead atoms. The Morgan fingerprint density at radius 1 is 1.16 bits per heavy atom. The van der Waals surface area contributed by atoms with Gasteiger partial charge in [-0.15, -0.1) is 0 Å². The number of carbonyl (C=O) groups is 1. The lowest BCUT2D eigenvalue weighted by atomic mass is 10.1. The minimum absolute atomic E-state index is 0.0528. The molecule has 6 nitrogen and oxygen atoms in total. The monoisotopic (exact) mass is 421 g/mol. The number of nitrogens with zero attached hydrogens (tertiary/aromatic N) is 4. The van der Waals surface area contributed by atoms with Crippen molar-refractivity contribution in [2.24, 2.45) is 0 Å². The van der Waals surface area contributed by atoms with Crippen LogP contribution in [0.5, 0.6) is 0 Å². The number of likely N-dealkylation sites (tertiary alicyclic amines) is 1. The molecule has 1 atom stereocenters. The Morgan fingerprint density at radius 3 is 2.74 bits per heavy atom. The van der Waals surface area contributed by atoms with Gasteiger partial charge in [-0.05, 0) is 30.2 Å². The van der Waals surface area contributed by atoms with Gasteiger partial charge < -0.3 is 14.8 Å². The van der Waals surface area contributed by atoms with Gasteiger partial charge in [-0.1, -0.05) is 24.3 Å². The molecule has 1 amide bonds. The maximum absolute atomic E-state index is 13.9. The summed E-state index contributed by atoms with van der Waals surface area (Å²) < 4.78 is 29.3. The van der Waals surface area contributed by atoms with Gasteiger partial charge in [0.25, 0.3) is 0 Å². The molecule has 158 valence electrons. The maximum Gasteiger partial charge on any atom is 0.240 e. The molecule has 1 fully saturated rings. The van der Waals surface area contributed by atoms with Crippen molar-refractivity contribution in [3.63, 3.8) is 0 Å². The molecule has 2 heterocycles. The smallest absolute Gasteiger partial charge is 0.240 e. The van der Waals surface area contributed by atoms with Crippen molar-refractivity contribution >= 4 is 5.91 Å². The maximum atomic E-state index is 13.9. The van der Waals surface area contributed by atoms with Crippen LogP contribution in [-0.4, -0.2) is 32.9 Å². The van der Waals surface area contributed by atoms with E-state index in [-0.39, 0.29) is 24.1 Å². The van der Waals surface area contributed by atoms with Crippen LogP contribution in [0.3, 0.4) is 0 Å². The number of amides is 1. The van der Waals surface area contributed by atoms with Crippen LogP contribution >= 0.6 is 0 Å². The van der Waals surface area contributed by atoms with Crippen LogP contribution in [0, 0.1) is 23.0 Å². The number of nitriles is 1. The van der Waals surface area contributed by atoms with Crippen molar-refractivity contribution in [3.05, 3.63) is 89.0 Å². The van der Waals surface area contributed by atoms with Gasteiger partial charge in [0.2, 0.25) is 5.91 Å². The standard InChI is InChI=1S/C23H21F2N5O/c24-20-3-1-2-18(22(20)25)14-29-9-8-21(23(29)31)28-12-19-11-27-15-30(19)13-17-6-4-16(10-26)5-7-17/h1-7,11,15,21,28H,8-9,12-14H2/t21-/m0/s1. The zero-order valence-electron chi connectivity index (χ0n) is 16.8. The third-order valence-electron chi connectivity index (χ3n) is 5.45. The third kappa shape index (κ3) is 4.62. The lowest BCUT2D eigenvalue weighted by Gasteiger charge is -2.18. The molecule has 1 aliphatic heterocycles. The summed E-state index contributed by atoms with van der Waals surface area (Å²) >= 11 is 0. The summed E-state index contributed by atoms with van der Waals surface area (Å²) in [6.07, 6.45) is 4.07. The minimum Gasteiger partial charge on any atom is -0.337 e. The van der Waals surface area contributed by atoms with E-state index in [0.717, 1.165) is 17.3 Å². The normalized spacial score (nSPS) is 16.0. The fourth-order valence-corrected chi connectivity index (χ4v) is 3.71. The molecule has 4 rings (SSSR count). The Kier molecular flexibility index (Phi) is 6.05. The van der Waals surface area contributed by atoms with Crippen molar-refractivity contribution in [2.75, 3.05) is 6.54 Å². The third-order valence-corrected chi connectivity index (χ3v) is 5.45. The summed E-state index contributed by atoms with van der Waals surface area (Å²) in [6.45, 7) is 1.59. The molecule has 1 N–H and O–H groups in total. The number of benzene rings is 2. The molecule has 0 spiro atoms. The topological polar surface area (TPSA) is 74.0 Å². The molecule has 31 heavy (non-hydrogen) atoms. The fourth-order valence-electron chi connectivity index (χ4n) is 3.71. The lowest BCUT2D eigenvalue weighted by Crippen LogP contribution is -2.38. The molecular formula is C23H21F2N5O. The molecule has 3 aromatic rings. The van der Waals surface area contributed by atoms with Gasteiger partial charge in [0.1, 0.15) is 0 Å². The number of rotatable bonds is 7. The molecule has 8 heteroatoms. The van der Waals surface area contributed by atoms with Crippen molar-refractivity contribution in [3.8, 4) is 6.07 Å². The highest BCUT2D eigenvalue weighted by Crippen LogP contribution is 2.19. The van der Waals surface area contributed by atoms with Gasteiger partial charge in [-0.2, -0.15) is 5.26 Å². The summed E-state index contributed by atoms with van der Waals surface area (Å²) in [7, 11) is 0. The largest absolute Gasteiger partial charge is 0.337 e. The highest BCUT2D eigenvalue weighted by molar-refractivity contribution is 5.83. The zero-order chi connectivity index (χ0) is 21.8. The van der Waals surface area contributed by atoms with Gasteiger partial charge in [0, 0.05) is 37.9 Å². The molecule has 2 aromatic carbocycles. The van der Waals surface area contributed by atoms with E-state index in [1.54, 1.807) is 29.6 Å². The average Bonchev–Trinajstić information content (AvgIpc) is 3.36. The Balaban J connectivity index is 1.35. The SMILES string of the molecule is N#Cc1ccc(Cn2cncc2CN[C@H]2CCN(Cc3cccc(F)c3F)C2=O)cc1. The Labute approximate surface area is 178 Å². The second-order valence-corrected chi connectivity index (χ2v) is 7.52. The number of imidazole rings is 1. The van der Waals surface area contributed by atoms with Crippen LogP contribution < -0.4 is 5.32 Å². The first-order valence-electron chi connectivity index (χ1n) is 9.98. The van der Waals surface area contributed by atoms with E-state index in [0.29, 0.717) is 31.6 Å². The highest BCUT2D eigenvalue weighted by Gasteiger charge is 2.31. The van der Waals surface area contributed by atoms with Crippen LogP contribution in [0.2, 0.25) is 0 Å². The molecule has 1 aromatic heterocycles. The number of hydrogen-bond donors (Lipinski definition) is 1. The van der Waals surface area contributed by atoms with E-state index in [2.05, 4.69) is 16.4 Å². The Hall–Kier alpha value is -3.57. The highest BCUT2D eigenvalue weighted by atomic mass is 19.2. The van der Waals surface area contributed by atoms with Crippen molar-refractivity contribution < 1.29 is 13.6 Å². The quantitative estimate of drug-likeness (QED) is 0.637. The summed E-state index contributed by atoms with van der Waals surface area (Å²) in [5.41, 5.74) is 2.75. The van der Waals surface area contributed by atoms with Gasteiger partial charge in [0.05, 0.1) is 29.7 Å². The number of carbonyl (C=O) groups excluding carboxylic acids is 1. The molecule has 1 aliphatic rings. The van der Waals surface area contributed by atoms with Crippen molar-refractivity contribution in [1.82, 2.24) is 19.8 Å². The van der Waals surface area contributed by atoms with E-state index in [1.807, 2.05) is 16.7 Å². The molecule has 0 unspecified atom stereocenters.